The number of hydrogen-bond donors (Lipinski definition) is 2. The van der Waals surface area contributed by atoms with Gasteiger partial charge in [-0.05, 0) is 18.1 Å². The molecule has 3 aromatic heterocycles. The minimum absolute atomic E-state index is 0.129. The minimum atomic E-state index is -4.64. The molecule has 0 aliphatic carbocycles. The molecule has 0 aliphatic heterocycles. The molecule has 0 saturated carbocycles. The second-order valence-electron chi connectivity index (χ2n) is 6.98. The predicted molar refractivity (Wildman–Crippen MR) is 97.6 cm³/mol. The molecule has 0 fully saturated rings. The molecule has 3 rings (SSSR count). The number of nitrogens with two attached hydrogens (primary N) is 1. The number of carbonyl (C=O) groups is 2. The van der Waals surface area contributed by atoms with Gasteiger partial charge < -0.3 is 19.9 Å². The van der Waals surface area contributed by atoms with Gasteiger partial charge in [0.05, 0.1) is 30.2 Å². The van der Waals surface area contributed by atoms with E-state index in [1.54, 1.807) is 19.9 Å². The fourth-order valence-electron chi connectivity index (χ4n) is 2.98. The Morgan fingerprint density at radius 2 is 2.00 bits per heavy atom. The maximum absolute atomic E-state index is 13.6. The summed E-state index contributed by atoms with van der Waals surface area (Å²) in [5, 5.41) is 2.49. The van der Waals surface area contributed by atoms with Gasteiger partial charge in [0.2, 0.25) is 11.8 Å². The van der Waals surface area contributed by atoms with E-state index in [4.69, 9.17) is 10.2 Å². The van der Waals surface area contributed by atoms with E-state index in [9.17, 15) is 22.8 Å². The lowest BCUT2D eigenvalue weighted by atomic mass is 10.0. The van der Waals surface area contributed by atoms with E-state index in [0.717, 1.165) is 6.07 Å². The van der Waals surface area contributed by atoms with Crippen LogP contribution >= 0.6 is 0 Å². The lowest BCUT2D eigenvalue weighted by Gasteiger charge is -2.18. The first-order chi connectivity index (χ1) is 13.6. The largest absolute Gasteiger partial charge is 0.472 e. The molecule has 0 saturated heterocycles. The number of pyridine rings is 1. The summed E-state index contributed by atoms with van der Waals surface area (Å²) in [7, 11) is 0. The summed E-state index contributed by atoms with van der Waals surface area (Å²) in [6.07, 6.45) is 0.590. The zero-order valence-electron chi connectivity index (χ0n) is 15.7. The van der Waals surface area contributed by atoms with Gasteiger partial charge in [-0.3, -0.25) is 9.59 Å². The van der Waals surface area contributed by atoms with Crippen LogP contribution in [0.2, 0.25) is 0 Å². The highest BCUT2D eigenvalue weighted by Crippen LogP contribution is 2.35. The lowest BCUT2D eigenvalue weighted by Crippen LogP contribution is -2.48. The molecule has 0 bridgehead atoms. The molecular weight excluding hydrogens is 389 g/mol. The van der Waals surface area contributed by atoms with Crippen LogP contribution < -0.4 is 11.1 Å². The summed E-state index contributed by atoms with van der Waals surface area (Å²) in [4.78, 5) is 27.7. The molecule has 0 aromatic carbocycles. The van der Waals surface area contributed by atoms with Crippen LogP contribution in [0.4, 0.5) is 13.2 Å². The van der Waals surface area contributed by atoms with Crippen molar-refractivity contribution in [3.05, 3.63) is 48.3 Å². The Labute approximate surface area is 163 Å². The van der Waals surface area contributed by atoms with Crippen molar-refractivity contribution in [2.24, 2.45) is 11.7 Å². The van der Waals surface area contributed by atoms with E-state index in [0.29, 0.717) is 11.1 Å². The van der Waals surface area contributed by atoms with E-state index in [2.05, 4.69) is 10.3 Å². The van der Waals surface area contributed by atoms with E-state index in [-0.39, 0.29) is 23.7 Å². The zero-order chi connectivity index (χ0) is 21.3. The third-order valence-corrected chi connectivity index (χ3v) is 4.39. The molecule has 10 heteroatoms. The average Bonchev–Trinajstić information content (AvgIpc) is 3.26. The van der Waals surface area contributed by atoms with Crippen molar-refractivity contribution >= 4 is 17.5 Å². The highest BCUT2D eigenvalue weighted by Gasteiger charge is 2.35. The molecular formula is C19H19F3N4O3. The summed E-state index contributed by atoms with van der Waals surface area (Å²) in [6.45, 7) is 3.43. The van der Waals surface area contributed by atoms with Gasteiger partial charge in [0, 0.05) is 23.5 Å². The monoisotopic (exact) mass is 408 g/mol. The molecule has 3 N–H and O–H groups in total. The summed E-state index contributed by atoms with van der Waals surface area (Å²) < 4.78 is 46.8. The number of imidazole rings is 1. The number of furan rings is 1. The molecule has 29 heavy (non-hydrogen) atoms. The van der Waals surface area contributed by atoms with E-state index >= 15 is 0 Å². The first-order valence-corrected chi connectivity index (χ1v) is 8.76. The Hall–Kier alpha value is -3.30. The van der Waals surface area contributed by atoms with E-state index < -0.39 is 29.6 Å². The Kier molecular flexibility index (Phi) is 5.36. The number of rotatable bonds is 6. The Balaban J connectivity index is 1.95. The van der Waals surface area contributed by atoms with Crippen LogP contribution in [0.1, 0.15) is 25.1 Å². The van der Waals surface area contributed by atoms with Crippen LogP contribution in [0, 0.1) is 5.92 Å². The zero-order valence-corrected chi connectivity index (χ0v) is 15.7. The number of nitrogens with one attached hydrogen (secondary N) is 1. The molecule has 1 unspecified atom stereocenters. The summed E-state index contributed by atoms with van der Waals surface area (Å²) >= 11 is 0. The van der Waals surface area contributed by atoms with Crippen molar-refractivity contribution in [3.8, 4) is 11.1 Å². The quantitative estimate of drug-likeness (QED) is 0.655. The highest BCUT2D eigenvalue weighted by molar-refractivity contribution is 5.87. The summed E-state index contributed by atoms with van der Waals surface area (Å²) in [5.74, 6) is -1.48. The van der Waals surface area contributed by atoms with Gasteiger partial charge in [0.25, 0.3) is 0 Å². The molecule has 0 radical (unpaired) electrons. The van der Waals surface area contributed by atoms with Gasteiger partial charge in [-0.2, -0.15) is 13.2 Å². The molecule has 0 aliphatic rings. The van der Waals surface area contributed by atoms with Crippen LogP contribution in [0.25, 0.3) is 16.8 Å². The first kappa shape index (κ1) is 20.4. The van der Waals surface area contributed by atoms with Gasteiger partial charge in [-0.15, -0.1) is 0 Å². The van der Waals surface area contributed by atoms with Crippen LogP contribution in [0.3, 0.4) is 0 Å². The number of carbonyl (C=O) groups excluding carboxylic acids is 2. The third kappa shape index (κ3) is 4.41. The molecule has 1 atom stereocenters. The minimum Gasteiger partial charge on any atom is -0.472 e. The number of primary amides is 1. The van der Waals surface area contributed by atoms with Crippen molar-refractivity contribution in [1.82, 2.24) is 14.7 Å². The fraction of sp³-hybridized carbons (Fsp3) is 0.316. The van der Waals surface area contributed by atoms with Crippen LogP contribution in [0.5, 0.6) is 0 Å². The molecule has 0 spiro atoms. The standard InChI is InChI=1S/C19H19F3N4O3/c1-10(2)16(17(23)28)25-15(27)6-13-8-26-7-12(11-3-4-29-9-11)5-14(18(26)24-13)19(20,21)22/h3-5,7-10,16H,6H2,1-2H3,(H2,23,28)(H,25,27). The van der Waals surface area contributed by atoms with E-state index in [1.807, 2.05) is 0 Å². The molecule has 2 amide bonds. The van der Waals surface area contributed by atoms with Gasteiger partial charge in [-0.25, -0.2) is 4.98 Å². The predicted octanol–water partition coefficient (Wildman–Crippen LogP) is 2.78. The van der Waals surface area contributed by atoms with Crippen molar-refractivity contribution in [1.29, 1.82) is 0 Å². The average molecular weight is 408 g/mol. The fourth-order valence-corrected chi connectivity index (χ4v) is 2.98. The first-order valence-electron chi connectivity index (χ1n) is 8.76. The second-order valence-corrected chi connectivity index (χ2v) is 6.98. The van der Waals surface area contributed by atoms with Crippen molar-refractivity contribution in [2.75, 3.05) is 0 Å². The lowest BCUT2D eigenvalue weighted by molar-refractivity contribution is -0.136. The van der Waals surface area contributed by atoms with Gasteiger partial charge in [-0.1, -0.05) is 13.8 Å². The Bertz CT molecular complexity index is 1040. The van der Waals surface area contributed by atoms with Crippen molar-refractivity contribution < 1.29 is 27.2 Å². The van der Waals surface area contributed by atoms with E-state index in [1.165, 1.54) is 29.3 Å². The number of hydrogen-bond acceptors (Lipinski definition) is 4. The number of amides is 2. The number of fused-ring (bicyclic) bond motifs is 1. The van der Waals surface area contributed by atoms with Gasteiger partial charge in [0.15, 0.2) is 0 Å². The molecule has 3 heterocycles. The normalized spacial score (nSPS) is 13.0. The Morgan fingerprint density at radius 1 is 1.28 bits per heavy atom. The van der Waals surface area contributed by atoms with Gasteiger partial charge in [0.1, 0.15) is 11.7 Å². The van der Waals surface area contributed by atoms with Crippen LogP contribution in [-0.4, -0.2) is 27.2 Å². The third-order valence-electron chi connectivity index (χ3n) is 4.39. The maximum atomic E-state index is 13.6. The van der Waals surface area contributed by atoms with Gasteiger partial charge >= 0.3 is 6.18 Å². The van der Waals surface area contributed by atoms with Crippen LogP contribution in [-0.2, 0) is 22.2 Å². The highest BCUT2D eigenvalue weighted by atomic mass is 19.4. The van der Waals surface area contributed by atoms with Crippen molar-refractivity contribution in [2.45, 2.75) is 32.5 Å². The van der Waals surface area contributed by atoms with Crippen molar-refractivity contribution in [3.63, 3.8) is 0 Å². The topological polar surface area (TPSA) is 103 Å². The number of aromatic nitrogens is 2. The smallest absolute Gasteiger partial charge is 0.420 e. The second kappa shape index (κ2) is 7.61. The SMILES string of the molecule is CC(C)C(NC(=O)Cc1cn2cc(-c3ccoc3)cc(C(F)(F)F)c2n1)C(N)=O. The van der Waals surface area contributed by atoms with Crippen LogP contribution in [0.15, 0.2) is 41.5 Å². The molecule has 7 nitrogen and oxygen atoms in total. The summed E-state index contributed by atoms with van der Waals surface area (Å²) in [5.41, 5.74) is 4.92. The number of nitrogens with zero attached hydrogens (tertiary/aromatic N) is 2. The number of halogens is 3. The molecule has 154 valence electrons. The Morgan fingerprint density at radius 3 is 2.55 bits per heavy atom. The maximum Gasteiger partial charge on any atom is 0.420 e. The molecule has 3 aromatic rings. The number of alkyl halides is 3. The summed E-state index contributed by atoms with van der Waals surface area (Å²) in [6, 6.07) is 1.65.